The number of nitro groups is 2. The van der Waals surface area contributed by atoms with Crippen molar-refractivity contribution in [2.45, 2.75) is 13.8 Å². The largest absolute Gasteiger partial charge is 0.321 e. The van der Waals surface area contributed by atoms with Crippen molar-refractivity contribution in [2.24, 2.45) is 0 Å². The van der Waals surface area contributed by atoms with Crippen LogP contribution in [0, 0.1) is 20.2 Å². The molecule has 2 amide bonds. The van der Waals surface area contributed by atoms with Crippen LogP contribution < -0.4 is 10.6 Å². The van der Waals surface area contributed by atoms with E-state index >= 15 is 0 Å². The first-order chi connectivity index (χ1) is 12.2. The number of carbonyl (C=O) groups is 2. The molecule has 10 nitrogen and oxygen atoms in total. The molecule has 2 aromatic carbocycles. The van der Waals surface area contributed by atoms with E-state index in [1.807, 2.05) is 0 Å². The SMILES string of the molecule is CC(=O)Nc1ccc(-c2ccc(NC(C)=O)c([N+](=O)[O-])c2)cc1[N+](=O)[O-]. The van der Waals surface area contributed by atoms with Crippen molar-refractivity contribution in [1.82, 2.24) is 0 Å². The Balaban J connectivity index is 2.54. The molecule has 0 atom stereocenters. The summed E-state index contributed by atoms with van der Waals surface area (Å²) in [6, 6.07) is 8.11. The molecule has 0 bridgehead atoms. The van der Waals surface area contributed by atoms with Crippen LogP contribution in [-0.4, -0.2) is 21.7 Å². The van der Waals surface area contributed by atoms with Gasteiger partial charge in [-0.2, -0.15) is 0 Å². The molecule has 0 aliphatic heterocycles. The van der Waals surface area contributed by atoms with Gasteiger partial charge in [0.05, 0.1) is 9.85 Å². The molecule has 10 heteroatoms. The van der Waals surface area contributed by atoms with Gasteiger partial charge in [0.25, 0.3) is 11.4 Å². The number of anilines is 2. The molecule has 0 aromatic heterocycles. The quantitative estimate of drug-likeness (QED) is 0.620. The average Bonchev–Trinajstić information content (AvgIpc) is 2.54. The van der Waals surface area contributed by atoms with Crippen LogP contribution in [0.4, 0.5) is 22.7 Å². The lowest BCUT2D eigenvalue weighted by atomic mass is 10.0. The molecule has 2 rings (SSSR count). The highest BCUT2D eigenvalue weighted by Gasteiger charge is 2.19. The molecule has 0 radical (unpaired) electrons. The standard InChI is InChI=1S/C16H14N4O6/c1-9(21)17-13-5-3-11(7-15(13)19(23)24)12-4-6-14(18-10(2)22)16(8-12)20(25)26/h3-8H,1-2H3,(H,17,21)(H,18,22). The molecule has 134 valence electrons. The van der Waals surface area contributed by atoms with Gasteiger partial charge >= 0.3 is 0 Å². The van der Waals surface area contributed by atoms with Gasteiger partial charge in [-0.1, -0.05) is 12.1 Å². The minimum atomic E-state index is -0.658. The van der Waals surface area contributed by atoms with Gasteiger partial charge in [0.15, 0.2) is 0 Å². The third kappa shape index (κ3) is 4.17. The van der Waals surface area contributed by atoms with Crippen LogP contribution in [0.3, 0.4) is 0 Å². The normalized spacial score (nSPS) is 10.1. The number of nitrogens with zero attached hydrogens (tertiary/aromatic N) is 2. The molecule has 0 heterocycles. The van der Waals surface area contributed by atoms with E-state index < -0.39 is 21.7 Å². The van der Waals surface area contributed by atoms with E-state index in [9.17, 15) is 29.8 Å². The highest BCUT2D eigenvalue weighted by molar-refractivity contribution is 5.93. The van der Waals surface area contributed by atoms with E-state index in [2.05, 4.69) is 10.6 Å². The third-order valence-corrected chi connectivity index (χ3v) is 3.34. The van der Waals surface area contributed by atoms with Gasteiger partial charge in [0.2, 0.25) is 11.8 Å². The summed E-state index contributed by atoms with van der Waals surface area (Å²) in [6.07, 6.45) is 0. The zero-order valence-electron chi connectivity index (χ0n) is 13.8. The summed E-state index contributed by atoms with van der Waals surface area (Å²) in [6.45, 7) is 2.45. The highest BCUT2D eigenvalue weighted by atomic mass is 16.6. The molecule has 2 N–H and O–H groups in total. The van der Waals surface area contributed by atoms with E-state index in [0.717, 1.165) is 0 Å². The topological polar surface area (TPSA) is 144 Å². The lowest BCUT2D eigenvalue weighted by Gasteiger charge is -2.08. The molecule has 0 spiro atoms. The van der Waals surface area contributed by atoms with E-state index in [-0.39, 0.29) is 22.7 Å². The first-order valence-corrected chi connectivity index (χ1v) is 7.31. The van der Waals surface area contributed by atoms with Crippen molar-refractivity contribution in [1.29, 1.82) is 0 Å². The molecule has 0 unspecified atom stereocenters. The Hall–Kier alpha value is -3.82. The Bertz CT molecular complexity index is 849. The third-order valence-electron chi connectivity index (χ3n) is 3.34. The van der Waals surface area contributed by atoms with Crippen LogP contribution in [0.2, 0.25) is 0 Å². The summed E-state index contributed by atoms with van der Waals surface area (Å²) >= 11 is 0. The summed E-state index contributed by atoms with van der Waals surface area (Å²) < 4.78 is 0. The monoisotopic (exact) mass is 358 g/mol. The van der Waals surface area contributed by atoms with Gasteiger partial charge in [-0.3, -0.25) is 29.8 Å². The molecule has 0 fully saturated rings. The number of benzene rings is 2. The molecule has 2 aromatic rings. The molecular formula is C16H14N4O6. The Morgan fingerprint density at radius 2 is 1.12 bits per heavy atom. The van der Waals surface area contributed by atoms with Crippen molar-refractivity contribution in [3.05, 3.63) is 56.6 Å². The minimum Gasteiger partial charge on any atom is -0.321 e. The van der Waals surface area contributed by atoms with E-state index in [1.165, 1.54) is 50.2 Å². The minimum absolute atomic E-state index is 0.0237. The van der Waals surface area contributed by atoms with Gasteiger partial charge in [-0.15, -0.1) is 0 Å². The molecule has 0 saturated heterocycles. The van der Waals surface area contributed by atoms with Crippen molar-refractivity contribution in [3.8, 4) is 11.1 Å². The highest BCUT2D eigenvalue weighted by Crippen LogP contribution is 2.34. The van der Waals surface area contributed by atoms with Crippen molar-refractivity contribution < 1.29 is 19.4 Å². The van der Waals surface area contributed by atoms with Crippen molar-refractivity contribution >= 4 is 34.6 Å². The fraction of sp³-hybridized carbons (Fsp3) is 0.125. The zero-order chi connectivity index (χ0) is 19.4. The second-order valence-electron chi connectivity index (χ2n) is 5.34. The Morgan fingerprint density at radius 3 is 1.38 bits per heavy atom. The molecule has 26 heavy (non-hydrogen) atoms. The predicted molar refractivity (Wildman–Crippen MR) is 93.8 cm³/mol. The predicted octanol–water partition coefficient (Wildman–Crippen LogP) is 3.09. The number of carbonyl (C=O) groups excluding carboxylic acids is 2. The maximum atomic E-state index is 11.2. The average molecular weight is 358 g/mol. The number of amides is 2. The van der Waals surface area contributed by atoms with Crippen LogP contribution in [0.1, 0.15) is 13.8 Å². The molecular weight excluding hydrogens is 344 g/mol. The van der Waals surface area contributed by atoms with Crippen LogP contribution in [0.25, 0.3) is 11.1 Å². The van der Waals surface area contributed by atoms with Crippen molar-refractivity contribution in [3.63, 3.8) is 0 Å². The molecule has 0 aliphatic carbocycles. The summed E-state index contributed by atoms with van der Waals surface area (Å²) in [4.78, 5) is 43.4. The lowest BCUT2D eigenvalue weighted by Crippen LogP contribution is -2.08. The van der Waals surface area contributed by atoms with Gasteiger partial charge in [0.1, 0.15) is 11.4 Å². The second kappa shape index (κ2) is 7.38. The van der Waals surface area contributed by atoms with Crippen LogP contribution in [-0.2, 0) is 9.59 Å². The smallest absolute Gasteiger partial charge is 0.293 e. The van der Waals surface area contributed by atoms with Gasteiger partial charge in [-0.05, 0) is 23.3 Å². The summed E-state index contributed by atoms with van der Waals surface area (Å²) in [5.41, 5.74) is 0.0652. The Labute approximate surface area is 147 Å². The first-order valence-electron chi connectivity index (χ1n) is 7.31. The molecule has 0 saturated carbocycles. The number of hydrogen-bond donors (Lipinski definition) is 2. The summed E-state index contributed by atoms with van der Waals surface area (Å²) in [7, 11) is 0. The molecule has 0 aliphatic rings. The number of hydrogen-bond acceptors (Lipinski definition) is 6. The summed E-state index contributed by atoms with van der Waals surface area (Å²) in [5, 5.41) is 27.2. The van der Waals surface area contributed by atoms with Gasteiger partial charge in [-0.25, -0.2) is 0 Å². The van der Waals surface area contributed by atoms with Crippen LogP contribution >= 0.6 is 0 Å². The second-order valence-corrected chi connectivity index (χ2v) is 5.34. The number of rotatable bonds is 5. The Morgan fingerprint density at radius 1 is 0.769 bits per heavy atom. The fourth-order valence-corrected chi connectivity index (χ4v) is 2.32. The first kappa shape index (κ1) is 18.5. The van der Waals surface area contributed by atoms with E-state index in [0.29, 0.717) is 11.1 Å². The maximum absolute atomic E-state index is 11.2. The van der Waals surface area contributed by atoms with Gasteiger partial charge < -0.3 is 10.6 Å². The van der Waals surface area contributed by atoms with Gasteiger partial charge in [0, 0.05) is 26.0 Å². The fourth-order valence-electron chi connectivity index (χ4n) is 2.32. The number of nitro benzene ring substituents is 2. The van der Waals surface area contributed by atoms with E-state index in [1.54, 1.807) is 0 Å². The zero-order valence-corrected chi connectivity index (χ0v) is 13.8. The number of nitrogens with one attached hydrogen (secondary N) is 2. The van der Waals surface area contributed by atoms with Crippen LogP contribution in [0.5, 0.6) is 0 Å². The van der Waals surface area contributed by atoms with Crippen molar-refractivity contribution in [2.75, 3.05) is 10.6 Å². The van der Waals surface area contributed by atoms with Crippen LogP contribution in [0.15, 0.2) is 36.4 Å². The Kier molecular flexibility index (Phi) is 5.26. The summed E-state index contributed by atoms with van der Waals surface area (Å²) in [5.74, 6) is -0.924. The lowest BCUT2D eigenvalue weighted by molar-refractivity contribution is -0.384. The van der Waals surface area contributed by atoms with E-state index in [4.69, 9.17) is 0 Å². The maximum Gasteiger partial charge on any atom is 0.293 e.